The zero-order valence-corrected chi connectivity index (χ0v) is 39.7. The molecular formula is C52H55N7O12. The maximum absolute atomic E-state index is 14.0. The van der Waals surface area contributed by atoms with E-state index < -0.39 is 47.7 Å². The number of nitrogens with one attached hydrogen (secondary N) is 3. The van der Waals surface area contributed by atoms with Gasteiger partial charge in [-0.25, -0.2) is 0 Å². The van der Waals surface area contributed by atoms with E-state index in [1.54, 1.807) is 30.2 Å². The molecule has 2 fully saturated rings. The number of imide groups is 2. The number of rotatable bonds is 19. The van der Waals surface area contributed by atoms with E-state index in [4.69, 9.17) is 28.4 Å². The third-order valence-electron chi connectivity index (χ3n) is 14.7. The Balaban J connectivity index is 0.639. The van der Waals surface area contributed by atoms with Gasteiger partial charge in [0.15, 0.2) is 5.72 Å². The van der Waals surface area contributed by atoms with Crippen molar-refractivity contribution in [1.82, 2.24) is 29.6 Å². The van der Waals surface area contributed by atoms with E-state index in [-0.39, 0.29) is 54.9 Å². The van der Waals surface area contributed by atoms with Crippen LogP contribution in [0.1, 0.15) is 75.5 Å². The van der Waals surface area contributed by atoms with Crippen molar-refractivity contribution in [2.45, 2.75) is 69.3 Å². The van der Waals surface area contributed by atoms with Gasteiger partial charge in [0.05, 0.1) is 104 Å². The van der Waals surface area contributed by atoms with Crippen LogP contribution in [0.15, 0.2) is 66.7 Å². The first-order chi connectivity index (χ1) is 34.5. The number of benzene rings is 4. The van der Waals surface area contributed by atoms with Crippen molar-refractivity contribution in [3.8, 4) is 0 Å². The molecule has 6 aromatic rings. The summed E-state index contributed by atoms with van der Waals surface area (Å²) in [4.78, 5) is 80.9. The molecule has 7 heterocycles. The molecule has 5 aliphatic heterocycles. The molecule has 6 amide bonds. The number of amides is 6. The number of piperidine rings is 1. The highest BCUT2D eigenvalue weighted by Gasteiger charge is 2.55. The van der Waals surface area contributed by atoms with Crippen molar-refractivity contribution in [3.05, 3.63) is 89.0 Å². The molecule has 2 aromatic heterocycles. The third-order valence-corrected chi connectivity index (χ3v) is 14.7. The van der Waals surface area contributed by atoms with Gasteiger partial charge in [-0.1, -0.05) is 42.5 Å². The fraction of sp³-hybridized carbons (Fsp3) is 0.423. The van der Waals surface area contributed by atoms with E-state index in [0.29, 0.717) is 77.0 Å². The number of hydrogen-bond acceptors (Lipinski definition) is 13. The highest BCUT2D eigenvalue weighted by molar-refractivity contribution is 6.31. The standard InChI is InChI=1S/C52H55N7O12/c1-52-47(66-3)37(27-40(71-52)57-34-13-6-4-9-29(34)43-44-32(28-54-49(44)63)41-30-10-5-7-14-35(30)59(52)46(41)45(43)57)56(2)39(61)17-19-67-21-23-69-25-26-70-24-22-68-20-18-53-33-12-8-11-31-42(33)51(65)58(50(31)64)36-15-16-38(60)55-48(36)62/h4-14,36-37,40,47,53H,15-28H2,1-3H3,(H,54,63)(H,55,60,62)/t36?,37-,40-,47-,52+/m1/s1. The lowest BCUT2D eigenvalue weighted by molar-refractivity contribution is -0.266. The monoisotopic (exact) mass is 969 g/mol. The second kappa shape index (κ2) is 18.8. The van der Waals surface area contributed by atoms with Crippen LogP contribution in [0.25, 0.3) is 43.6 Å². The topological polar surface area (TPSA) is 210 Å². The number of aromatic nitrogens is 2. The van der Waals surface area contributed by atoms with Crippen molar-refractivity contribution in [2.24, 2.45) is 0 Å². The van der Waals surface area contributed by atoms with E-state index in [9.17, 15) is 28.8 Å². The third kappa shape index (κ3) is 7.64. The first-order valence-electron chi connectivity index (χ1n) is 24.2. The second-order valence-electron chi connectivity index (χ2n) is 18.6. The Bertz CT molecular complexity index is 3180. The van der Waals surface area contributed by atoms with Gasteiger partial charge in [0.25, 0.3) is 17.7 Å². The van der Waals surface area contributed by atoms with Gasteiger partial charge in [0, 0.05) is 67.3 Å². The van der Waals surface area contributed by atoms with Gasteiger partial charge >= 0.3 is 0 Å². The highest BCUT2D eigenvalue weighted by Crippen LogP contribution is 2.54. The molecule has 2 saturated heterocycles. The van der Waals surface area contributed by atoms with Crippen LogP contribution in [0, 0.1) is 0 Å². The van der Waals surface area contributed by atoms with E-state index in [0.717, 1.165) is 54.1 Å². The van der Waals surface area contributed by atoms with Crippen LogP contribution in [-0.2, 0) is 55.1 Å². The molecule has 0 spiro atoms. The summed E-state index contributed by atoms with van der Waals surface area (Å²) >= 11 is 0. The van der Waals surface area contributed by atoms with Crippen LogP contribution < -0.4 is 16.0 Å². The van der Waals surface area contributed by atoms with Crippen LogP contribution in [0.4, 0.5) is 5.69 Å². The predicted molar refractivity (Wildman–Crippen MR) is 259 cm³/mol. The Morgan fingerprint density at radius 2 is 1.48 bits per heavy atom. The molecule has 0 radical (unpaired) electrons. The Morgan fingerprint density at radius 3 is 2.20 bits per heavy atom. The lowest BCUT2D eigenvalue weighted by Gasteiger charge is -2.50. The first kappa shape index (κ1) is 46.6. The van der Waals surface area contributed by atoms with Crippen molar-refractivity contribution in [3.63, 3.8) is 0 Å². The number of nitrogens with zero attached hydrogens (tertiary/aromatic N) is 4. The Kier molecular flexibility index (Phi) is 12.3. The Morgan fingerprint density at radius 1 is 0.803 bits per heavy atom. The van der Waals surface area contributed by atoms with Gasteiger partial charge in [-0.2, -0.15) is 0 Å². The molecule has 370 valence electrons. The van der Waals surface area contributed by atoms with Crippen molar-refractivity contribution in [2.75, 3.05) is 78.9 Å². The fourth-order valence-electron chi connectivity index (χ4n) is 11.6. The second-order valence-corrected chi connectivity index (χ2v) is 18.6. The lowest BCUT2D eigenvalue weighted by atomic mass is 9.91. The summed E-state index contributed by atoms with van der Waals surface area (Å²) in [6, 6.07) is 19.9. The zero-order valence-electron chi connectivity index (χ0n) is 39.7. The summed E-state index contributed by atoms with van der Waals surface area (Å²) < 4.78 is 41.0. The Hall–Kier alpha value is -6.74. The van der Waals surface area contributed by atoms with Crippen LogP contribution in [0.2, 0.25) is 0 Å². The molecule has 71 heavy (non-hydrogen) atoms. The van der Waals surface area contributed by atoms with Crippen LogP contribution in [0.3, 0.4) is 0 Å². The summed E-state index contributed by atoms with van der Waals surface area (Å²) in [7, 11) is 3.50. The minimum Gasteiger partial charge on any atom is -0.382 e. The molecule has 5 atom stereocenters. The number of carbonyl (C=O) groups is 6. The summed E-state index contributed by atoms with van der Waals surface area (Å²) in [6.07, 6.45) is -0.290. The van der Waals surface area contributed by atoms with E-state index in [2.05, 4.69) is 56.3 Å². The molecular weight excluding hydrogens is 915 g/mol. The number of methoxy groups -OCH3 is 1. The maximum Gasteiger partial charge on any atom is 0.264 e. The molecule has 0 saturated carbocycles. The number of hydrogen-bond donors (Lipinski definition) is 3. The smallest absolute Gasteiger partial charge is 0.264 e. The van der Waals surface area contributed by atoms with Gasteiger partial charge < -0.3 is 53.1 Å². The van der Waals surface area contributed by atoms with Gasteiger partial charge in [0.1, 0.15) is 18.4 Å². The van der Waals surface area contributed by atoms with Crippen molar-refractivity contribution >= 4 is 84.7 Å². The van der Waals surface area contributed by atoms with Crippen molar-refractivity contribution in [1.29, 1.82) is 0 Å². The van der Waals surface area contributed by atoms with Gasteiger partial charge in [0.2, 0.25) is 17.7 Å². The number of ether oxygens (including phenoxy) is 6. The molecule has 11 rings (SSSR count). The quantitative estimate of drug-likeness (QED) is 0.0752. The maximum atomic E-state index is 14.0. The van der Waals surface area contributed by atoms with E-state index >= 15 is 0 Å². The van der Waals surface area contributed by atoms with Gasteiger partial charge in [-0.15, -0.1) is 0 Å². The predicted octanol–water partition coefficient (Wildman–Crippen LogP) is 4.56. The highest BCUT2D eigenvalue weighted by atomic mass is 16.6. The zero-order chi connectivity index (χ0) is 49.1. The SMILES string of the molecule is CO[C@@H]1[C@H](N(C)C(=O)CCOCCOCCOCCOCCNc2cccc3c2C(=O)N(C2CCC(=O)NC2=O)C3=O)C[C@H]2O[C@]1(C)n1c3ccccc3c3c4c(c5c6ccccc6n2c5c31)C(=O)NC4. The molecule has 5 aliphatic rings. The molecule has 1 unspecified atom stereocenters. The fourth-order valence-corrected chi connectivity index (χ4v) is 11.6. The normalized spacial score (nSPS) is 22.5. The minimum absolute atomic E-state index is 0.0508. The Labute approximate surface area is 407 Å². The van der Waals surface area contributed by atoms with Crippen LogP contribution >= 0.6 is 0 Å². The van der Waals surface area contributed by atoms with Crippen molar-refractivity contribution < 1.29 is 57.2 Å². The molecule has 3 N–H and O–H groups in total. The first-order valence-corrected chi connectivity index (χ1v) is 24.2. The minimum atomic E-state index is -1.05. The number of likely N-dealkylation sites (N-methyl/N-ethyl adjacent to an activating group) is 1. The molecule has 2 bridgehead atoms. The number of para-hydroxylation sites is 2. The van der Waals surface area contributed by atoms with Gasteiger partial charge in [-0.05, 0) is 43.2 Å². The number of anilines is 1. The number of fused-ring (bicyclic) bond motifs is 14. The lowest BCUT2D eigenvalue weighted by Crippen LogP contribution is -2.61. The molecule has 19 nitrogen and oxygen atoms in total. The largest absolute Gasteiger partial charge is 0.382 e. The average molecular weight is 970 g/mol. The molecule has 4 aromatic carbocycles. The van der Waals surface area contributed by atoms with Crippen LogP contribution in [-0.4, -0.2) is 146 Å². The van der Waals surface area contributed by atoms with Crippen LogP contribution in [0.5, 0.6) is 0 Å². The summed E-state index contributed by atoms with van der Waals surface area (Å²) in [6.45, 7) is 5.36. The number of carbonyl (C=O) groups excluding carboxylic acids is 6. The summed E-state index contributed by atoms with van der Waals surface area (Å²) in [5.41, 5.74) is 5.36. The summed E-state index contributed by atoms with van der Waals surface area (Å²) in [5.74, 6) is -2.38. The van der Waals surface area contributed by atoms with E-state index in [1.807, 2.05) is 31.3 Å². The van der Waals surface area contributed by atoms with E-state index in [1.165, 1.54) is 0 Å². The van der Waals surface area contributed by atoms with Gasteiger partial charge in [-0.3, -0.25) is 39.0 Å². The summed E-state index contributed by atoms with van der Waals surface area (Å²) in [5, 5.41) is 12.4. The molecule has 0 aliphatic carbocycles. The molecule has 19 heteroatoms. The average Bonchev–Trinajstić information content (AvgIpc) is 4.08.